The number of nitrogens with one attached hydrogen (secondary N) is 1. The Kier molecular flexibility index (Phi) is 4.92. The Morgan fingerprint density at radius 2 is 1.96 bits per heavy atom. The molecule has 1 saturated heterocycles. The highest BCUT2D eigenvalue weighted by molar-refractivity contribution is 5.99. The van der Waals surface area contributed by atoms with Gasteiger partial charge < -0.3 is 10.2 Å². The maximum absolute atomic E-state index is 12.9. The topological polar surface area (TPSA) is 62.3 Å². The number of pyridine rings is 1. The van der Waals surface area contributed by atoms with E-state index >= 15 is 0 Å². The molecule has 5 nitrogen and oxygen atoms in total. The predicted octanol–water partition coefficient (Wildman–Crippen LogP) is 3.40. The molecule has 2 amide bonds. The van der Waals surface area contributed by atoms with Crippen LogP contribution in [-0.4, -0.2) is 27.7 Å². The maximum Gasteiger partial charge on any atom is 0.247 e. The number of aromatic nitrogens is 1. The molecular formula is C22H25N3O2. The molecule has 140 valence electrons. The van der Waals surface area contributed by atoms with E-state index in [1.807, 2.05) is 37.3 Å². The van der Waals surface area contributed by atoms with Crippen LogP contribution in [0.4, 0.5) is 5.69 Å². The summed E-state index contributed by atoms with van der Waals surface area (Å²) in [5, 5.41) is 2.98. The Bertz CT molecular complexity index is 860. The number of rotatable bonds is 4. The van der Waals surface area contributed by atoms with Crippen molar-refractivity contribution in [3.63, 3.8) is 0 Å². The minimum atomic E-state index is -0.421. The van der Waals surface area contributed by atoms with Crippen LogP contribution in [0.1, 0.15) is 48.1 Å². The first kappa shape index (κ1) is 17.7. The molecule has 1 N–H and O–H groups in total. The molecule has 1 atom stereocenters. The van der Waals surface area contributed by atoms with E-state index in [0.29, 0.717) is 19.4 Å². The molecule has 27 heavy (non-hydrogen) atoms. The van der Waals surface area contributed by atoms with Crippen LogP contribution in [0.15, 0.2) is 36.5 Å². The first-order valence-electron chi connectivity index (χ1n) is 9.74. The Balaban J connectivity index is 1.46. The van der Waals surface area contributed by atoms with Crippen LogP contribution in [0.25, 0.3) is 0 Å². The SMILES string of the molecule is Cc1ccc(CN2C(=O)CCC2C(=O)Nc2cnc3c(c2)CCCC3)cc1. The predicted molar refractivity (Wildman–Crippen MR) is 104 cm³/mol. The molecule has 4 rings (SSSR count). The summed E-state index contributed by atoms with van der Waals surface area (Å²) in [6.07, 6.45) is 7.13. The number of hydrogen-bond donors (Lipinski definition) is 1. The zero-order valence-electron chi connectivity index (χ0n) is 15.7. The summed E-state index contributed by atoms with van der Waals surface area (Å²) in [7, 11) is 0. The average Bonchev–Trinajstić information content (AvgIpc) is 3.04. The zero-order valence-corrected chi connectivity index (χ0v) is 15.7. The fourth-order valence-corrected chi connectivity index (χ4v) is 3.98. The van der Waals surface area contributed by atoms with Gasteiger partial charge in [0.25, 0.3) is 0 Å². The van der Waals surface area contributed by atoms with E-state index in [4.69, 9.17) is 0 Å². The molecule has 0 bridgehead atoms. The van der Waals surface area contributed by atoms with Crippen molar-refractivity contribution >= 4 is 17.5 Å². The highest BCUT2D eigenvalue weighted by atomic mass is 16.2. The zero-order chi connectivity index (χ0) is 18.8. The number of nitrogens with zero attached hydrogens (tertiary/aromatic N) is 2. The lowest BCUT2D eigenvalue weighted by atomic mass is 9.96. The summed E-state index contributed by atoms with van der Waals surface area (Å²) < 4.78 is 0. The standard InChI is InChI=1S/C22H25N3O2/c1-15-6-8-16(9-7-15)14-25-20(10-11-21(25)26)22(27)24-18-12-17-4-2-3-5-19(17)23-13-18/h6-9,12-13,20H,2-5,10-11,14H2,1H3,(H,24,27). The number of likely N-dealkylation sites (tertiary alicyclic amines) is 1. The first-order chi connectivity index (χ1) is 13.1. The van der Waals surface area contributed by atoms with Crippen LogP contribution in [-0.2, 0) is 29.0 Å². The van der Waals surface area contributed by atoms with Gasteiger partial charge >= 0.3 is 0 Å². The molecule has 2 heterocycles. The van der Waals surface area contributed by atoms with Crippen molar-refractivity contribution < 1.29 is 9.59 Å². The molecule has 2 aliphatic rings. The summed E-state index contributed by atoms with van der Waals surface area (Å²) in [6.45, 7) is 2.51. The van der Waals surface area contributed by atoms with Gasteiger partial charge in [-0.1, -0.05) is 29.8 Å². The van der Waals surface area contributed by atoms with E-state index in [2.05, 4.69) is 10.3 Å². The number of amides is 2. The molecule has 1 aromatic carbocycles. The van der Waals surface area contributed by atoms with Crippen molar-refractivity contribution in [1.29, 1.82) is 0 Å². The first-order valence-corrected chi connectivity index (χ1v) is 9.74. The van der Waals surface area contributed by atoms with Gasteiger partial charge in [-0.15, -0.1) is 0 Å². The third kappa shape index (κ3) is 3.87. The third-order valence-electron chi connectivity index (χ3n) is 5.54. The van der Waals surface area contributed by atoms with Gasteiger partial charge in [-0.2, -0.15) is 0 Å². The molecule has 1 aliphatic carbocycles. The van der Waals surface area contributed by atoms with Crippen LogP contribution in [0.3, 0.4) is 0 Å². The van der Waals surface area contributed by atoms with Gasteiger partial charge in [0.1, 0.15) is 6.04 Å². The highest BCUT2D eigenvalue weighted by Crippen LogP contribution is 2.25. The fourth-order valence-electron chi connectivity index (χ4n) is 3.98. The molecule has 0 spiro atoms. The second-order valence-corrected chi connectivity index (χ2v) is 7.59. The minimum absolute atomic E-state index is 0.0410. The van der Waals surface area contributed by atoms with E-state index in [1.165, 1.54) is 24.0 Å². The Morgan fingerprint density at radius 1 is 1.19 bits per heavy atom. The summed E-state index contributed by atoms with van der Waals surface area (Å²) in [6, 6.07) is 9.72. The summed E-state index contributed by atoms with van der Waals surface area (Å²) in [4.78, 5) is 31.4. The normalized spacial score (nSPS) is 19.1. The quantitative estimate of drug-likeness (QED) is 0.906. The molecule has 1 unspecified atom stereocenters. The van der Waals surface area contributed by atoms with Crippen LogP contribution in [0.2, 0.25) is 0 Å². The largest absolute Gasteiger partial charge is 0.326 e. The number of carbonyl (C=O) groups excluding carboxylic acids is 2. The lowest BCUT2D eigenvalue weighted by Gasteiger charge is -2.24. The van der Waals surface area contributed by atoms with Crippen molar-refractivity contribution in [1.82, 2.24) is 9.88 Å². The van der Waals surface area contributed by atoms with E-state index in [1.54, 1.807) is 11.1 Å². The number of aryl methyl sites for hydroxylation is 3. The second-order valence-electron chi connectivity index (χ2n) is 7.59. The van der Waals surface area contributed by atoms with Crippen molar-refractivity contribution in [2.45, 2.75) is 58.0 Å². The van der Waals surface area contributed by atoms with Gasteiger partial charge in [-0.3, -0.25) is 14.6 Å². The van der Waals surface area contributed by atoms with Gasteiger partial charge in [0.2, 0.25) is 11.8 Å². The van der Waals surface area contributed by atoms with Crippen molar-refractivity contribution in [2.24, 2.45) is 0 Å². The van der Waals surface area contributed by atoms with Gasteiger partial charge in [0.15, 0.2) is 0 Å². The Labute approximate surface area is 159 Å². The Morgan fingerprint density at radius 3 is 2.78 bits per heavy atom. The average molecular weight is 363 g/mol. The smallest absolute Gasteiger partial charge is 0.247 e. The molecule has 1 aromatic heterocycles. The van der Waals surface area contributed by atoms with Gasteiger partial charge in [-0.05, 0) is 56.2 Å². The van der Waals surface area contributed by atoms with E-state index < -0.39 is 6.04 Å². The maximum atomic E-state index is 12.9. The lowest BCUT2D eigenvalue weighted by molar-refractivity contribution is -0.133. The number of fused-ring (bicyclic) bond motifs is 1. The molecule has 5 heteroatoms. The molecular weight excluding hydrogens is 338 g/mol. The second kappa shape index (κ2) is 7.51. The van der Waals surface area contributed by atoms with Crippen LogP contribution >= 0.6 is 0 Å². The molecule has 2 aromatic rings. The van der Waals surface area contributed by atoms with Crippen molar-refractivity contribution in [3.05, 3.63) is 58.9 Å². The summed E-state index contributed by atoms with van der Waals surface area (Å²) in [5.41, 5.74) is 5.34. The number of benzene rings is 1. The monoisotopic (exact) mass is 363 g/mol. The van der Waals surface area contributed by atoms with Crippen molar-refractivity contribution in [2.75, 3.05) is 5.32 Å². The minimum Gasteiger partial charge on any atom is -0.326 e. The van der Waals surface area contributed by atoms with Gasteiger partial charge in [0, 0.05) is 18.7 Å². The van der Waals surface area contributed by atoms with Crippen LogP contribution < -0.4 is 5.32 Å². The number of carbonyl (C=O) groups is 2. The summed E-state index contributed by atoms with van der Waals surface area (Å²) >= 11 is 0. The van der Waals surface area contributed by atoms with E-state index in [0.717, 1.165) is 29.8 Å². The van der Waals surface area contributed by atoms with E-state index in [9.17, 15) is 9.59 Å². The number of hydrogen-bond acceptors (Lipinski definition) is 3. The van der Waals surface area contributed by atoms with Crippen LogP contribution in [0, 0.1) is 6.92 Å². The van der Waals surface area contributed by atoms with Crippen LogP contribution in [0.5, 0.6) is 0 Å². The van der Waals surface area contributed by atoms with E-state index in [-0.39, 0.29) is 11.8 Å². The van der Waals surface area contributed by atoms with Crippen molar-refractivity contribution in [3.8, 4) is 0 Å². The Hall–Kier alpha value is -2.69. The third-order valence-corrected chi connectivity index (χ3v) is 5.54. The number of anilines is 1. The summed E-state index contributed by atoms with van der Waals surface area (Å²) in [5.74, 6) is -0.0789. The molecule has 0 radical (unpaired) electrons. The lowest BCUT2D eigenvalue weighted by Crippen LogP contribution is -2.41. The molecule has 1 aliphatic heterocycles. The highest BCUT2D eigenvalue weighted by Gasteiger charge is 2.36. The van der Waals surface area contributed by atoms with Gasteiger partial charge in [0.05, 0.1) is 11.9 Å². The molecule has 1 fully saturated rings. The fraction of sp³-hybridized carbons (Fsp3) is 0.409. The molecule has 0 saturated carbocycles. The van der Waals surface area contributed by atoms with Gasteiger partial charge in [-0.25, -0.2) is 0 Å².